The number of nitrogens with one attached hydrogen (secondary N) is 1. The quantitative estimate of drug-likeness (QED) is 0.216. The fourth-order valence-electron chi connectivity index (χ4n) is 2.77. The van der Waals surface area contributed by atoms with Crippen LogP contribution in [0.25, 0.3) is 0 Å². The minimum Gasteiger partial charge on any atom is -0.494 e. The Morgan fingerprint density at radius 3 is 2.07 bits per heavy atom. The van der Waals surface area contributed by atoms with Crippen LogP contribution in [0.1, 0.15) is 20.7 Å². The molecule has 0 bridgehead atoms. The normalized spacial score (nSPS) is 12.8. The molecule has 0 radical (unpaired) electrons. The molecule has 2 aromatic rings. The number of halogens is 4. The second-order valence-corrected chi connectivity index (χ2v) is 7.40. The Hall–Kier alpha value is -2.59. The highest BCUT2D eigenvalue weighted by Gasteiger charge is 2.42. The number of methoxy groups -OCH3 is 1. The van der Waals surface area contributed by atoms with E-state index in [1.54, 1.807) is 0 Å². The zero-order valence-electron chi connectivity index (χ0n) is 14.8. The first-order chi connectivity index (χ1) is 14.1. The fraction of sp³-hybridized carbons (Fsp3) is 0.118. The van der Waals surface area contributed by atoms with Crippen molar-refractivity contribution in [2.24, 2.45) is 0 Å². The molecule has 156 valence electrons. The van der Waals surface area contributed by atoms with Crippen LogP contribution < -0.4 is 10.1 Å². The molecule has 13 heteroatoms. The first-order valence-electron chi connectivity index (χ1n) is 7.92. The maximum absolute atomic E-state index is 12.7. The summed E-state index contributed by atoms with van der Waals surface area (Å²) >= 11 is 24.0. The second kappa shape index (κ2) is 8.27. The van der Waals surface area contributed by atoms with Gasteiger partial charge in [0.05, 0.1) is 55.0 Å². The lowest BCUT2D eigenvalue weighted by Gasteiger charge is -2.15. The number of imide groups is 1. The molecule has 1 aliphatic rings. The SMILES string of the molecule is COc1cc([N+](=O)[O-])ccc1NC(=O)CN1C(=O)c2c(Cl)c(Cl)c(Cl)c(Cl)c2C1=O. The van der Waals surface area contributed by atoms with Gasteiger partial charge in [0.1, 0.15) is 12.3 Å². The molecule has 0 unspecified atom stereocenters. The van der Waals surface area contributed by atoms with Crippen LogP contribution in [0.3, 0.4) is 0 Å². The lowest BCUT2D eigenvalue weighted by Crippen LogP contribution is -2.37. The Morgan fingerprint density at radius 1 is 1.07 bits per heavy atom. The van der Waals surface area contributed by atoms with Gasteiger partial charge in [0, 0.05) is 6.07 Å². The minimum absolute atomic E-state index is 0.0181. The molecule has 0 saturated carbocycles. The molecule has 0 fully saturated rings. The van der Waals surface area contributed by atoms with Gasteiger partial charge in [-0.1, -0.05) is 46.4 Å². The number of nitrogens with zero attached hydrogens (tertiary/aromatic N) is 2. The Kier molecular flexibility index (Phi) is 6.09. The van der Waals surface area contributed by atoms with Crippen molar-refractivity contribution in [3.63, 3.8) is 0 Å². The van der Waals surface area contributed by atoms with Crippen molar-refractivity contribution in [2.75, 3.05) is 19.0 Å². The molecular weight excluding hydrogens is 484 g/mol. The van der Waals surface area contributed by atoms with Gasteiger partial charge >= 0.3 is 0 Å². The summed E-state index contributed by atoms with van der Waals surface area (Å²) in [6.45, 7) is -0.686. The molecular formula is C17H9Cl4N3O6. The van der Waals surface area contributed by atoms with E-state index in [1.807, 2.05) is 0 Å². The summed E-state index contributed by atoms with van der Waals surface area (Å²) in [4.78, 5) is 48.6. The molecule has 0 atom stereocenters. The van der Waals surface area contributed by atoms with Gasteiger partial charge in [-0.15, -0.1) is 0 Å². The van der Waals surface area contributed by atoms with E-state index < -0.39 is 29.2 Å². The van der Waals surface area contributed by atoms with Crippen LogP contribution in [0, 0.1) is 10.1 Å². The number of hydrogen-bond acceptors (Lipinski definition) is 6. The average Bonchev–Trinajstić information content (AvgIpc) is 2.95. The van der Waals surface area contributed by atoms with Crippen LogP contribution in [0.15, 0.2) is 18.2 Å². The summed E-state index contributed by atoms with van der Waals surface area (Å²) in [5.41, 5.74) is -0.640. The van der Waals surface area contributed by atoms with Crippen LogP contribution in [0.2, 0.25) is 20.1 Å². The molecule has 3 amide bonds. The van der Waals surface area contributed by atoms with Gasteiger partial charge in [0.25, 0.3) is 17.5 Å². The first-order valence-corrected chi connectivity index (χ1v) is 9.44. The highest BCUT2D eigenvalue weighted by molar-refractivity contribution is 6.55. The van der Waals surface area contributed by atoms with Crippen molar-refractivity contribution in [3.8, 4) is 5.75 Å². The van der Waals surface area contributed by atoms with Gasteiger partial charge in [0.2, 0.25) is 5.91 Å². The summed E-state index contributed by atoms with van der Waals surface area (Å²) < 4.78 is 5.03. The van der Waals surface area contributed by atoms with Gasteiger partial charge in [-0.25, -0.2) is 0 Å². The zero-order chi connectivity index (χ0) is 22.3. The number of carbonyl (C=O) groups excluding carboxylic acids is 3. The molecule has 0 aliphatic carbocycles. The van der Waals surface area contributed by atoms with Crippen molar-refractivity contribution in [1.29, 1.82) is 0 Å². The molecule has 2 aromatic carbocycles. The number of rotatable bonds is 5. The second-order valence-electron chi connectivity index (χ2n) is 5.89. The van der Waals surface area contributed by atoms with Crippen molar-refractivity contribution in [1.82, 2.24) is 4.90 Å². The van der Waals surface area contributed by atoms with Crippen molar-refractivity contribution >= 4 is 75.5 Å². The van der Waals surface area contributed by atoms with Crippen LogP contribution in [0.5, 0.6) is 5.75 Å². The molecule has 30 heavy (non-hydrogen) atoms. The van der Waals surface area contributed by atoms with E-state index in [0.29, 0.717) is 4.90 Å². The van der Waals surface area contributed by atoms with Gasteiger partial charge in [-0.05, 0) is 6.07 Å². The number of benzene rings is 2. The summed E-state index contributed by atoms with van der Waals surface area (Å²) in [6.07, 6.45) is 0. The predicted octanol–water partition coefficient (Wildman–Crippen LogP) is 4.45. The Morgan fingerprint density at radius 2 is 1.60 bits per heavy atom. The average molecular weight is 493 g/mol. The zero-order valence-corrected chi connectivity index (χ0v) is 17.8. The number of non-ortho nitro benzene ring substituents is 1. The van der Waals surface area contributed by atoms with Crippen LogP contribution in [0.4, 0.5) is 11.4 Å². The predicted molar refractivity (Wildman–Crippen MR) is 110 cm³/mol. The molecule has 9 nitrogen and oxygen atoms in total. The number of ether oxygens (including phenoxy) is 1. The molecule has 0 spiro atoms. The molecule has 1 heterocycles. The van der Waals surface area contributed by atoms with E-state index in [4.69, 9.17) is 51.1 Å². The highest BCUT2D eigenvalue weighted by atomic mass is 35.5. The summed E-state index contributed by atoms with van der Waals surface area (Å²) in [7, 11) is 1.26. The van der Waals surface area contributed by atoms with Crippen LogP contribution in [-0.4, -0.2) is 41.2 Å². The van der Waals surface area contributed by atoms with Gasteiger partial charge < -0.3 is 10.1 Å². The largest absolute Gasteiger partial charge is 0.494 e. The number of anilines is 1. The fourth-order valence-corrected chi connectivity index (χ4v) is 3.78. The topological polar surface area (TPSA) is 119 Å². The molecule has 0 saturated heterocycles. The van der Waals surface area contributed by atoms with Gasteiger partial charge in [-0.2, -0.15) is 0 Å². The number of fused-ring (bicyclic) bond motifs is 1. The van der Waals surface area contributed by atoms with E-state index in [9.17, 15) is 24.5 Å². The van der Waals surface area contributed by atoms with Gasteiger partial charge in [0.15, 0.2) is 0 Å². The lowest BCUT2D eigenvalue weighted by molar-refractivity contribution is -0.384. The van der Waals surface area contributed by atoms with Crippen LogP contribution >= 0.6 is 46.4 Å². The highest BCUT2D eigenvalue weighted by Crippen LogP contribution is 2.44. The minimum atomic E-state index is -0.869. The third-order valence-electron chi connectivity index (χ3n) is 4.16. The third kappa shape index (κ3) is 3.65. The van der Waals surface area contributed by atoms with Crippen LogP contribution in [-0.2, 0) is 4.79 Å². The van der Waals surface area contributed by atoms with Crippen molar-refractivity contribution in [2.45, 2.75) is 0 Å². The third-order valence-corrected chi connectivity index (χ3v) is 5.96. The smallest absolute Gasteiger partial charge is 0.273 e. The van der Waals surface area contributed by atoms with E-state index in [1.165, 1.54) is 13.2 Å². The maximum atomic E-state index is 12.7. The monoisotopic (exact) mass is 491 g/mol. The standard InChI is InChI=1S/C17H9Cl4N3O6/c1-30-8-4-6(24(28)29)2-3-7(8)22-9(25)5-23-16(26)10-11(17(23)27)13(19)15(21)14(20)12(10)18/h2-4H,5H2,1H3,(H,22,25). The Balaban J connectivity index is 1.86. The lowest BCUT2D eigenvalue weighted by atomic mass is 10.1. The Labute approximate surface area is 188 Å². The number of hydrogen-bond donors (Lipinski definition) is 1. The van der Waals surface area contributed by atoms with E-state index in [2.05, 4.69) is 5.32 Å². The molecule has 3 rings (SSSR count). The van der Waals surface area contributed by atoms with Gasteiger partial charge in [-0.3, -0.25) is 29.4 Å². The Bertz CT molecular complexity index is 1090. The number of carbonyl (C=O) groups is 3. The molecule has 1 aliphatic heterocycles. The maximum Gasteiger partial charge on any atom is 0.273 e. The first kappa shape index (κ1) is 22.1. The van der Waals surface area contributed by atoms with E-state index in [-0.39, 0.29) is 48.3 Å². The number of amides is 3. The molecule has 1 N–H and O–H groups in total. The number of nitro groups is 1. The van der Waals surface area contributed by atoms with Crippen molar-refractivity contribution in [3.05, 3.63) is 59.5 Å². The van der Waals surface area contributed by atoms with E-state index >= 15 is 0 Å². The summed E-state index contributed by atoms with van der Waals surface area (Å²) in [6, 6.07) is 3.52. The van der Waals surface area contributed by atoms with E-state index in [0.717, 1.165) is 12.1 Å². The summed E-state index contributed by atoms with van der Waals surface area (Å²) in [5, 5.41) is 12.4. The molecule has 0 aromatic heterocycles. The van der Waals surface area contributed by atoms with Crippen molar-refractivity contribution < 1.29 is 24.0 Å². The number of nitro benzene ring substituents is 1. The summed E-state index contributed by atoms with van der Waals surface area (Å²) in [5.74, 6) is -2.50.